The molecule has 0 unspecified atom stereocenters. The minimum Gasteiger partial charge on any atom is -0.491 e. The number of ether oxygens (including phenoxy) is 1. The Bertz CT molecular complexity index is 870. The Balaban J connectivity index is 1.30. The summed E-state index contributed by atoms with van der Waals surface area (Å²) in [4.78, 5) is 29.1. The maximum atomic E-state index is 12.8. The summed E-state index contributed by atoms with van der Waals surface area (Å²) in [6.45, 7) is 5.03. The van der Waals surface area contributed by atoms with E-state index in [0.29, 0.717) is 18.6 Å². The Hall–Kier alpha value is -2.82. The molecule has 2 saturated heterocycles. The maximum absolute atomic E-state index is 12.8. The molecule has 2 amide bonds. The molecule has 0 N–H and O–H groups in total. The van der Waals surface area contributed by atoms with Crippen molar-refractivity contribution < 1.29 is 14.3 Å². The third kappa shape index (κ3) is 4.84. The third-order valence-electron chi connectivity index (χ3n) is 6.11. The highest BCUT2D eigenvalue weighted by Crippen LogP contribution is 2.22. The summed E-state index contributed by atoms with van der Waals surface area (Å²) in [5, 5.41) is 0. The SMILES string of the molecule is Cc1ccc(CC(=O)N2CCC[C@@H]2COc2ccc(C(=O)N3CCCC3)cc2)cc1. The summed E-state index contributed by atoms with van der Waals surface area (Å²) in [5.74, 6) is 1.00. The zero-order valence-corrected chi connectivity index (χ0v) is 17.7. The van der Waals surface area contributed by atoms with Crippen molar-refractivity contribution in [1.29, 1.82) is 0 Å². The van der Waals surface area contributed by atoms with Crippen LogP contribution in [0.5, 0.6) is 5.75 Å². The van der Waals surface area contributed by atoms with Gasteiger partial charge in [0.2, 0.25) is 5.91 Å². The molecule has 0 aromatic heterocycles. The van der Waals surface area contributed by atoms with Gasteiger partial charge in [0, 0.05) is 25.2 Å². The minimum atomic E-state index is 0.0997. The Morgan fingerprint density at radius 1 is 0.933 bits per heavy atom. The van der Waals surface area contributed by atoms with Gasteiger partial charge in [-0.05, 0) is 62.4 Å². The van der Waals surface area contributed by atoms with Gasteiger partial charge >= 0.3 is 0 Å². The first kappa shape index (κ1) is 20.5. The largest absolute Gasteiger partial charge is 0.491 e. The second-order valence-electron chi connectivity index (χ2n) is 8.38. The molecule has 2 aromatic rings. The standard InChI is InChI=1S/C25H30N2O3/c1-19-6-8-20(9-7-19)17-24(28)27-16-4-5-22(27)18-30-23-12-10-21(11-13-23)25(29)26-14-2-3-15-26/h6-13,22H,2-5,14-18H2,1H3/t22-/m1/s1. The van der Waals surface area contributed by atoms with Gasteiger partial charge in [0.05, 0.1) is 12.5 Å². The number of likely N-dealkylation sites (tertiary alicyclic amines) is 2. The molecule has 0 bridgehead atoms. The van der Waals surface area contributed by atoms with Crippen LogP contribution in [0.25, 0.3) is 0 Å². The van der Waals surface area contributed by atoms with Gasteiger partial charge in [-0.25, -0.2) is 0 Å². The lowest BCUT2D eigenvalue weighted by Crippen LogP contribution is -2.39. The lowest BCUT2D eigenvalue weighted by molar-refractivity contribution is -0.131. The molecule has 0 radical (unpaired) electrons. The van der Waals surface area contributed by atoms with Crippen LogP contribution in [0.3, 0.4) is 0 Å². The molecule has 30 heavy (non-hydrogen) atoms. The van der Waals surface area contributed by atoms with Crippen LogP contribution in [-0.4, -0.2) is 53.9 Å². The summed E-state index contributed by atoms with van der Waals surface area (Å²) >= 11 is 0. The van der Waals surface area contributed by atoms with Gasteiger partial charge in [-0.1, -0.05) is 29.8 Å². The Morgan fingerprint density at radius 3 is 2.33 bits per heavy atom. The van der Waals surface area contributed by atoms with Gasteiger partial charge in [-0.3, -0.25) is 9.59 Å². The Morgan fingerprint density at radius 2 is 1.63 bits per heavy atom. The van der Waals surface area contributed by atoms with Gasteiger partial charge in [-0.2, -0.15) is 0 Å². The van der Waals surface area contributed by atoms with E-state index in [1.54, 1.807) is 0 Å². The Kier molecular flexibility index (Phi) is 6.36. The molecule has 2 fully saturated rings. The van der Waals surface area contributed by atoms with Crippen LogP contribution in [0, 0.1) is 6.92 Å². The molecular formula is C25H30N2O3. The van der Waals surface area contributed by atoms with E-state index in [4.69, 9.17) is 4.74 Å². The number of nitrogens with zero attached hydrogens (tertiary/aromatic N) is 2. The molecule has 2 aromatic carbocycles. The molecule has 158 valence electrons. The first-order valence-electron chi connectivity index (χ1n) is 11.0. The molecule has 0 saturated carbocycles. The molecule has 2 aliphatic rings. The Labute approximate surface area is 178 Å². The summed E-state index contributed by atoms with van der Waals surface area (Å²) in [6, 6.07) is 15.6. The topological polar surface area (TPSA) is 49.9 Å². The number of rotatable bonds is 6. The van der Waals surface area contributed by atoms with Crippen molar-refractivity contribution in [3.05, 3.63) is 65.2 Å². The van der Waals surface area contributed by atoms with E-state index in [0.717, 1.165) is 56.6 Å². The summed E-state index contributed by atoms with van der Waals surface area (Å²) in [5.41, 5.74) is 2.96. The quantitative estimate of drug-likeness (QED) is 0.732. The molecule has 0 spiro atoms. The second kappa shape index (κ2) is 9.33. The van der Waals surface area contributed by atoms with E-state index >= 15 is 0 Å². The van der Waals surface area contributed by atoms with Gasteiger partial charge in [0.25, 0.3) is 5.91 Å². The third-order valence-corrected chi connectivity index (χ3v) is 6.11. The molecule has 0 aliphatic carbocycles. The van der Waals surface area contributed by atoms with Crippen molar-refractivity contribution in [2.24, 2.45) is 0 Å². The molecule has 5 heteroatoms. The number of amides is 2. The van der Waals surface area contributed by atoms with Gasteiger partial charge in [0.1, 0.15) is 12.4 Å². The zero-order valence-electron chi connectivity index (χ0n) is 17.7. The maximum Gasteiger partial charge on any atom is 0.253 e. The van der Waals surface area contributed by atoms with Crippen LogP contribution in [0.2, 0.25) is 0 Å². The molecular weight excluding hydrogens is 376 g/mol. The zero-order chi connectivity index (χ0) is 20.9. The van der Waals surface area contributed by atoms with E-state index in [1.165, 1.54) is 5.56 Å². The van der Waals surface area contributed by atoms with E-state index in [9.17, 15) is 9.59 Å². The van der Waals surface area contributed by atoms with Crippen molar-refractivity contribution in [2.45, 2.75) is 45.1 Å². The van der Waals surface area contributed by atoms with Gasteiger partial charge in [0.15, 0.2) is 0 Å². The van der Waals surface area contributed by atoms with E-state index < -0.39 is 0 Å². The van der Waals surface area contributed by atoms with Crippen LogP contribution in [0.15, 0.2) is 48.5 Å². The molecule has 1 atom stereocenters. The number of benzene rings is 2. The molecule has 2 aliphatic heterocycles. The lowest BCUT2D eigenvalue weighted by atomic mass is 10.1. The van der Waals surface area contributed by atoms with Crippen molar-refractivity contribution in [2.75, 3.05) is 26.2 Å². The predicted molar refractivity (Wildman–Crippen MR) is 117 cm³/mol. The van der Waals surface area contributed by atoms with Crippen molar-refractivity contribution >= 4 is 11.8 Å². The predicted octanol–water partition coefficient (Wildman–Crippen LogP) is 3.84. The number of hydrogen-bond acceptors (Lipinski definition) is 3. The summed E-state index contributed by atoms with van der Waals surface area (Å²) in [7, 11) is 0. The van der Waals surface area contributed by atoms with E-state index in [2.05, 4.69) is 0 Å². The summed E-state index contributed by atoms with van der Waals surface area (Å²) in [6.07, 6.45) is 4.59. The number of carbonyl (C=O) groups is 2. The van der Waals surface area contributed by atoms with Crippen LogP contribution in [-0.2, 0) is 11.2 Å². The highest BCUT2D eigenvalue weighted by Gasteiger charge is 2.29. The van der Waals surface area contributed by atoms with E-state index in [1.807, 2.05) is 65.3 Å². The molecule has 2 heterocycles. The fraction of sp³-hybridized carbons (Fsp3) is 0.440. The molecule has 5 nitrogen and oxygen atoms in total. The smallest absolute Gasteiger partial charge is 0.253 e. The minimum absolute atomic E-state index is 0.0997. The number of aryl methyl sites for hydroxylation is 1. The van der Waals surface area contributed by atoms with Crippen molar-refractivity contribution in [1.82, 2.24) is 9.80 Å². The van der Waals surface area contributed by atoms with E-state index in [-0.39, 0.29) is 17.9 Å². The second-order valence-corrected chi connectivity index (χ2v) is 8.38. The lowest BCUT2D eigenvalue weighted by Gasteiger charge is -2.25. The number of hydrogen-bond donors (Lipinski definition) is 0. The monoisotopic (exact) mass is 406 g/mol. The fourth-order valence-corrected chi connectivity index (χ4v) is 4.31. The van der Waals surface area contributed by atoms with Crippen LogP contribution < -0.4 is 4.74 Å². The molecule has 4 rings (SSSR count). The normalized spacial score (nSPS) is 18.6. The highest BCUT2D eigenvalue weighted by molar-refractivity contribution is 5.94. The van der Waals surface area contributed by atoms with Crippen LogP contribution >= 0.6 is 0 Å². The number of carbonyl (C=O) groups excluding carboxylic acids is 2. The average Bonchev–Trinajstić information content (AvgIpc) is 3.46. The van der Waals surface area contributed by atoms with Gasteiger partial charge in [-0.15, -0.1) is 0 Å². The average molecular weight is 407 g/mol. The van der Waals surface area contributed by atoms with Crippen LogP contribution in [0.1, 0.15) is 47.2 Å². The first-order chi connectivity index (χ1) is 14.6. The fourth-order valence-electron chi connectivity index (χ4n) is 4.31. The highest BCUT2D eigenvalue weighted by atomic mass is 16.5. The van der Waals surface area contributed by atoms with Gasteiger partial charge < -0.3 is 14.5 Å². The summed E-state index contributed by atoms with van der Waals surface area (Å²) < 4.78 is 5.98. The first-order valence-corrected chi connectivity index (χ1v) is 11.0. The van der Waals surface area contributed by atoms with Crippen LogP contribution in [0.4, 0.5) is 0 Å². The van der Waals surface area contributed by atoms with Crippen molar-refractivity contribution in [3.63, 3.8) is 0 Å². The van der Waals surface area contributed by atoms with Crippen molar-refractivity contribution in [3.8, 4) is 5.75 Å².